The van der Waals surface area contributed by atoms with Crippen LogP contribution in [0.1, 0.15) is 72.1 Å². The zero-order valence-electron chi connectivity index (χ0n) is 19.9. The second kappa shape index (κ2) is 6.90. The quantitative estimate of drug-likeness (QED) is 0.555. The molecule has 0 aromatic heterocycles. The molecule has 0 aromatic carbocycles. The SMILES string of the molecule is C=C1CC[C@@]2(OC1)O[C@H]1C[C@H]3[C@@H]4CC[C@H]5C[C@@H](O)[C@H](O)C[C@]5(C)[C@H]4CC(=O)[C@]3(C)[C@H]1[C@@H]2C. The second-order valence-corrected chi connectivity index (χ2v) is 12.7. The number of ketones is 1. The lowest BCUT2D eigenvalue weighted by Crippen LogP contribution is -2.59. The van der Waals surface area contributed by atoms with Gasteiger partial charge in [0.15, 0.2) is 5.79 Å². The molecule has 2 N–H and O–H groups in total. The first-order chi connectivity index (χ1) is 15.1. The summed E-state index contributed by atoms with van der Waals surface area (Å²) in [5, 5.41) is 20.8. The third-order valence-corrected chi connectivity index (χ3v) is 11.6. The van der Waals surface area contributed by atoms with Gasteiger partial charge in [0.2, 0.25) is 0 Å². The molecule has 2 aliphatic heterocycles. The van der Waals surface area contributed by atoms with E-state index in [1.54, 1.807) is 0 Å². The first-order valence-corrected chi connectivity index (χ1v) is 13.0. The van der Waals surface area contributed by atoms with E-state index >= 15 is 0 Å². The first kappa shape index (κ1) is 21.8. The van der Waals surface area contributed by atoms with Crippen molar-refractivity contribution in [2.75, 3.05) is 6.61 Å². The van der Waals surface area contributed by atoms with Gasteiger partial charge in [0.05, 0.1) is 24.9 Å². The molecule has 5 nitrogen and oxygen atoms in total. The molecule has 0 aromatic rings. The molecular weight excluding hydrogens is 404 g/mol. The number of hydrogen-bond donors (Lipinski definition) is 2. The summed E-state index contributed by atoms with van der Waals surface area (Å²) < 4.78 is 13.0. The van der Waals surface area contributed by atoms with Crippen LogP contribution in [0.5, 0.6) is 0 Å². The van der Waals surface area contributed by atoms with Crippen molar-refractivity contribution >= 4 is 5.78 Å². The summed E-state index contributed by atoms with van der Waals surface area (Å²) in [4.78, 5) is 14.0. The van der Waals surface area contributed by atoms with E-state index in [4.69, 9.17) is 9.47 Å². The van der Waals surface area contributed by atoms with Gasteiger partial charge in [-0.2, -0.15) is 0 Å². The Morgan fingerprint density at radius 1 is 1.09 bits per heavy atom. The van der Waals surface area contributed by atoms with Crippen LogP contribution in [0, 0.1) is 46.3 Å². The number of ether oxygens (including phenoxy) is 2. The van der Waals surface area contributed by atoms with Gasteiger partial charge in [0.1, 0.15) is 5.78 Å². The van der Waals surface area contributed by atoms with Gasteiger partial charge < -0.3 is 19.7 Å². The fourth-order valence-electron chi connectivity index (χ4n) is 9.80. The molecule has 0 amide bonds. The van der Waals surface area contributed by atoms with Crippen LogP contribution in [0.15, 0.2) is 12.2 Å². The number of aliphatic hydroxyl groups excluding tert-OH is 2. The largest absolute Gasteiger partial charge is 0.390 e. The Morgan fingerprint density at radius 3 is 2.59 bits per heavy atom. The summed E-state index contributed by atoms with van der Waals surface area (Å²) in [5.41, 5.74) is 0.730. The summed E-state index contributed by atoms with van der Waals surface area (Å²) in [7, 11) is 0. The van der Waals surface area contributed by atoms with Crippen molar-refractivity contribution in [3.8, 4) is 0 Å². The van der Waals surface area contributed by atoms with Crippen molar-refractivity contribution < 1.29 is 24.5 Å². The summed E-state index contributed by atoms with van der Waals surface area (Å²) in [6, 6.07) is 0. The molecule has 1 spiro atoms. The van der Waals surface area contributed by atoms with Crippen molar-refractivity contribution in [1.29, 1.82) is 0 Å². The van der Waals surface area contributed by atoms with Gasteiger partial charge in [-0.1, -0.05) is 32.9 Å². The second-order valence-electron chi connectivity index (χ2n) is 12.7. The molecule has 0 unspecified atom stereocenters. The number of carbonyl (C=O) groups excluding carboxylic acids is 1. The molecule has 2 heterocycles. The summed E-state index contributed by atoms with van der Waals surface area (Å²) in [6.07, 6.45) is 5.71. The summed E-state index contributed by atoms with van der Waals surface area (Å²) >= 11 is 0. The number of aliphatic hydroxyl groups is 2. The van der Waals surface area contributed by atoms with Crippen molar-refractivity contribution in [1.82, 2.24) is 0 Å². The predicted octanol–water partition coefficient (Wildman–Crippen LogP) is 3.86. The van der Waals surface area contributed by atoms with Crippen LogP contribution in [-0.4, -0.2) is 46.7 Å². The third kappa shape index (κ3) is 2.63. The van der Waals surface area contributed by atoms with Crippen molar-refractivity contribution in [2.45, 2.75) is 96.2 Å². The number of Topliss-reactive ketones (excluding diaryl/α,β-unsaturated/α-hetero) is 1. The molecular formula is C27H40O5. The highest BCUT2D eigenvalue weighted by molar-refractivity contribution is 5.87. The molecule has 4 aliphatic carbocycles. The first-order valence-electron chi connectivity index (χ1n) is 13.0. The highest BCUT2D eigenvalue weighted by atomic mass is 16.7. The van der Waals surface area contributed by atoms with Crippen LogP contribution in [0.2, 0.25) is 0 Å². The van der Waals surface area contributed by atoms with E-state index < -0.39 is 18.0 Å². The molecule has 4 saturated carbocycles. The Bertz CT molecular complexity index is 828. The van der Waals surface area contributed by atoms with Crippen LogP contribution in [0.25, 0.3) is 0 Å². The van der Waals surface area contributed by atoms with Gasteiger partial charge in [0.25, 0.3) is 0 Å². The van der Waals surface area contributed by atoms with Gasteiger partial charge in [-0.25, -0.2) is 0 Å². The van der Waals surface area contributed by atoms with E-state index in [0.717, 1.165) is 37.7 Å². The Balaban J connectivity index is 1.31. The standard InChI is InChI=1S/C27H40O5/c1-14-7-8-27(31-13-14)15(2)24-22(32-27)10-19-17-6-5-16-9-20(28)21(29)12-25(16,3)18(17)11-23(30)26(19,24)4/h15-22,24,28-29H,1,5-13H2,2-4H3/t15-,16-,17+,18-,19-,20+,21+,22-,24-,25-,26+,27+/m0/s1. The number of rotatable bonds is 0. The van der Waals surface area contributed by atoms with Gasteiger partial charge in [-0.15, -0.1) is 0 Å². The molecule has 0 radical (unpaired) electrons. The third-order valence-electron chi connectivity index (χ3n) is 11.6. The maximum Gasteiger partial charge on any atom is 0.172 e. The minimum absolute atomic E-state index is 0.0587. The molecule has 6 rings (SSSR count). The van der Waals surface area contributed by atoms with E-state index in [-0.39, 0.29) is 28.8 Å². The fraction of sp³-hybridized carbons (Fsp3) is 0.889. The lowest BCUT2D eigenvalue weighted by molar-refractivity contribution is -0.255. The zero-order chi connectivity index (χ0) is 22.6. The summed E-state index contributed by atoms with van der Waals surface area (Å²) in [5.74, 6) is 1.86. The van der Waals surface area contributed by atoms with Crippen molar-refractivity contribution in [3.05, 3.63) is 12.2 Å². The minimum atomic E-state index is -0.664. The molecule has 6 aliphatic rings. The smallest absolute Gasteiger partial charge is 0.172 e. The molecule has 6 fully saturated rings. The van der Waals surface area contributed by atoms with Crippen molar-refractivity contribution in [3.63, 3.8) is 0 Å². The number of carbonyl (C=O) groups is 1. The van der Waals surface area contributed by atoms with Gasteiger partial charge >= 0.3 is 0 Å². The predicted molar refractivity (Wildman–Crippen MR) is 119 cm³/mol. The van der Waals surface area contributed by atoms with E-state index in [1.165, 1.54) is 0 Å². The Labute approximate surface area is 191 Å². The lowest BCUT2D eigenvalue weighted by atomic mass is 9.43. The van der Waals surface area contributed by atoms with Gasteiger partial charge in [0, 0.05) is 30.1 Å². The Morgan fingerprint density at radius 2 is 1.88 bits per heavy atom. The molecule has 32 heavy (non-hydrogen) atoms. The molecule has 0 bridgehead atoms. The van der Waals surface area contributed by atoms with Crippen LogP contribution in [0.4, 0.5) is 0 Å². The van der Waals surface area contributed by atoms with Crippen LogP contribution < -0.4 is 0 Å². The number of hydrogen-bond acceptors (Lipinski definition) is 5. The minimum Gasteiger partial charge on any atom is -0.390 e. The molecule has 5 heteroatoms. The van der Waals surface area contributed by atoms with E-state index in [1.807, 2.05) is 0 Å². The number of fused-ring (bicyclic) bond motifs is 7. The van der Waals surface area contributed by atoms with E-state index in [9.17, 15) is 15.0 Å². The van der Waals surface area contributed by atoms with Crippen LogP contribution >= 0.6 is 0 Å². The average molecular weight is 445 g/mol. The Kier molecular flexibility index (Phi) is 4.69. The monoisotopic (exact) mass is 444 g/mol. The van der Waals surface area contributed by atoms with Crippen molar-refractivity contribution in [2.24, 2.45) is 46.3 Å². The zero-order valence-corrected chi connectivity index (χ0v) is 19.9. The average Bonchev–Trinajstić information content (AvgIpc) is 3.19. The van der Waals surface area contributed by atoms with Crippen LogP contribution in [0.3, 0.4) is 0 Å². The van der Waals surface area contributed by atoms with Gasteiger partial charge in [-0.05, 0) is 67.6 Å². The van der Waals surface area contributed by atoms with Crippen LogP contribution in [-0.2, 0) is 14.3 Å². The highest BCUT2D eigenvalue weighted by Gasteiger charge is 2.71. The molecule has 178 valence electrons. The Hall–Kier alpha value is -0.750. The lowest BCUT2D eigenvalue weighted by Gasteiger charge is -2.61. The van der Waals surface area contributed by atoms with E-state index in [0.29, 0.717) is 55.3 Å². The fourth-order valence-corrected chi connectivity index (χ4v) is 9.80. The topological polar surface area (TPSA) is 76.0 Å². The normalized spacial score (nSPS) is 59.5. The molecule has 12 atom stereocenters. The maximum atomic E-state index is 14.0. The summed E-state index contributed by atoms with van der Waals surface area (Å²) in [6.45, 7) is 11.4. The van der Waals surface area contributed by atoms with Gasteiger partial charge in [-0.3, -0.25) is 4.79 Å². The highest BCUT2D eigenvalue weighted by Crippen LogP contribution is 2.70. The molecule has 2 saturated heterocycles. The van der Waals surface area contributed by atoms with E-state index in [2.05, 4.69) is 27.4 Å². The maximum absolute atomic E-state index is 14.0.